The van der Waals surface area contributed by atoms with E-state index in [0.29, 0.717) is 12.3 Å². The van der Waals surface area contributed by atoms with Gasteiger partial charge in [-0.15, -0.1) is 0 Å². The van der Waals surface area contributed by atoms with Gasteiger partial charge >= 0.3 is 5.97 Å². The summed E-state index contributed by atoms with van der Waals surface area (Å²) in [6, 6.07) is 0. The summed E-state index contributed by atoms with van der Waals surface area (Å²) in [4.78, 5) is 10.5. The Morgan fingerprint density at radius 3 is 2.71 bits per heavy atom. The van der Waals surface area contributed by atoms with E-state index in [1.807, 2.05) is 0 Å². The predicted molar refractivity (Wildman–Crippen MR) is 57.2 cm³/mol. The summed E-state index contributed by atoms with van der Waals surface area (Å²) in [5.74, 6) is 0.829. The molecule has 1 rings (SSSR count). The lowest BCUT2D eigenvalue weighted by Gasteiger charge is -2.23. The van der Waals surface area contributed by atoms with Gasteiger partial charge in [-0.1, -0.05) is 39.0 Å². The molecule has 0 spiro atoms. The lowest BCUT2D eigenvalue weighted by atomic mass is 9.83. The molecule has 0 aromatic rings. The first-order valence-corrected chi connectivity index (χ1v) is 5.90. The molecular formula is C12H22O2. The highest BCUT2D eigenvalue weighted by atomic mass is 16.4. The third-order valence-corrected chi connectivity index (χ3v) is 3.31. The highest BCUT2D eigenvalue weighted by Gasteiger charge is 2.16. The molecule has 14 heavy (non-hydrogen) atoms. The number of carboxylic acids is 1. The zero-order valence-electron chi connectivity index (χ0n) is 9.17. The summed E-state index contributed by atoms with van der Waals surface area (Å²) < 4.78 is 0. The summed E-state index contributed by atoms with van der Waals surface area (Å²) in [6.07, 6.45) is 9.09. The third-order valence-electron chi connectivity index (χ3n) is 3.31. The molecule has 2 heteroatoms. The van der Waals surface area contributed by atoms with E-state index in [2.05, 4.69) is 6.92 Å². The Labute approximate surface area is 86.7 Å². The van der Waals surface area contributed by atoms with Crippen LogP contribution in [0.3, 0.4) is 0 Å². The molecule has 0 aliphatic heterocycles. The summed E-state index contributed by atoms with van der Waals surface area (Å²) in [6.45, 7) is 2.30. The van der Waals surface area contributed by atoms with Crippen LogP contribution in [0.2, 0.25) is 0 Å². The second-order valence-electron chi connectivity index (χ2n) is 4.78. The van der Waals surface area contributed by atoms with Crippen molar-refractivity contribution in [1.82, 2.24) is 0 Å². The van der Waals surface area contributed by atoms with Gasteiger partial charge in [0.05, 0.1) is 0 Å². The van der Waals surface area contributed by atoms with Gasteiger partial charge in [0.1, 0.15) is 0 Å². The standard InChI is InChI=1S/C12H22O2/c1-10-5-3-2-4-6-11(9-10)7-8-12(13)14/h10-11H,2-9H2,1H3,(H,13,14). The molecule has 1 aliphatic rings. The molecule has 1 saturated carbocycles. The lowest BCUT2D eigenvalue weighted by Crippen LogP contribution is -2.11. The molecule has 0 bridgehead atoms. The topological polar surface area (TPSA) is 37.3 Å². The second-order valence-corrected chi connectivity index (χ2v) is 4.78. The first-order chi connectivity index (χ1) is 6.68. The number of aliphatic carboxylic acids is 1. The quantitative estimate of drug-likeness (QED) is 0.754. The van der Waals surface area contributed by atoms with Crippen molar-refractivity contribution in [2.45, 2.75) is 58.3 Å². The zero-order chi connectivity index (χ0) is 10.4. The fourth-order valence-corrected chi connectivity index (χ4v) is 2.50. The smallest absolute Gasteiger partial charge is 0.303 e. The summed E-state index contributed by atoms with van der Waals surface area (Å²) >= 11 is 0. The summed E-state index contributed by atoms with van der Waals surface area (Å²) in [5.41, 5.74) is 0. The van der Waals surface area contributed by atoms with E-state index >= 15 is 0 Å². The Morgan fingerprint density at radius 2 is 2.00 bits per heavy atom. The minimum absolute atomic E-state index is 0.359. The van der Waals surface area contributed by atoms with Crippen molar-refractivity contribution in [3.8, 4) is 0 Å². The average Bonchev–Trinajstić information content (AvgIpc) is 2.08. The van der Waals surface area contributed by atoms with Crippen LogP contribution < -0.4 is 0 Å². The zero-order valence-corrected chi connectivity index (χ0v) is 9.17. The monoisotopic (exact) mass is 198 g/mol. The molecule has 2 unspecified atom stereocenters. The largest absolute Gasteiger partial charge is 0.481 e. The maximum absolute atomic E-state index is 10.5. The number of carbonyl (C=O) groups is 1. The Balaban J connectivity index is 2.28. The van der Waals surface area contributed by atoms with Crippen molar-refractivity contribution in [3.63, 3.8) is 0 Å². The Morgan fingerprint density at radius 1 is 1.29 bits per heavy atom. The molecule has 0 amide bonds. The van der Waals surface area contributed by atoms with Crippen molar-refractivity contribution in [2.24, 2.45) is 11.8 Å². The van der Waals surface area contributed by atoms with Crippen molar-refractivity contribution < 1.29 is 9.90 Å². The van der Waals surface area contributed by atoms with Crippen LogP contribution >= 0.6 is 0 Å². The minimum Gasteiger partial charge on any atom is -0.481 e. The van der Waals surface area contributed by atoms with E-state index in [0.717, 1.165) is 12.3 Å². The Kier molecular flexibility index (Phi) is 4.99. The molecule has 1 aliphatic carbocycles. The number of hydrogen-bond donors (Lipinski definition) is 1. The van der Waals surface area contributed by atoms with Crippen LogP contribution in [0.5, 0.6) is 0 Å². The van der Waals surface area contributed by atoms with Crippen LogP contribution in [-0.2, 0) is 4.79 Å². The van der Waals surface area contributed by atoms with Crippen molar-refractivity contribution >= 4 is 5.97 Å². The van der Waals surface area contributed by atoms with Crippen molar-refractivity contribution in [3.05, 3.63) is 0 Å². The normalized spacial score (nSPS) is 29.2. The van der Waals surface area contributed by atoms with Gasteiger partial charge in [0.25, 0.3) is 0 Å². The van der Waals surface area contributed by atoms with Crippen LogP contribution in [0, 0.1) is 11.8 Å². The van der Waals surface area contributed by atoms with E-state index in [9.17, 15) is 4.79 Å². The first-order valence-electron chi connectivity index (χ1n) is 5.90. The summed E-state index contributed by atoms with van der Waals surface area (Å²) in [7, 11) is 0. The van der Waals surface area contributed by atoms with E-state index in [4.69, 9.17) is 5.11 Å². The molecule has 0 radical (unpaired) electrons. The van der Waals surface area contributed by atoms with Crippen molar-refractivity contribution in [1.29, 1.82) is 0 Å². The van der Waals surface area contributed by atoms with Gasteiger partial charge in [0.15, 0.2) is 0 Å². The van der Waals surface area contributed by atoms with Gasteiger partial charge in [0, 0.05) is 6.42 Å². The maximum Gasteiger partial charge on any atom is 0.303 e. The van der Waals surface area contributed by atoms with Crippen LogP contribution in [0.25, 0.3) is 0 Å². The van der Waals surface area contributed by atoms with E-state index in [1.54, 1.807) is 0 Å². The van der Waals surface area contributed by atoms with Crippen LogP contribution in [0.15, 0.2) is 0 Å². The molecule has 0 saturated heterocycles. The fraction of sp³-hybridized carbons (Fsp3) is 0.917. The van der Waals surface area contributed by atoms with E-state index in [-0.39, 0.29) is 0 Å². The molecule has 2 nitrogen and oxygen atoms in total. The Bertz CT molecular complexity index is 177. The van der Waals surface area contributed by atoms with E-state index in [1.165, 1.54) is 38.5 Å². The number of carboxylic acid groups (broad SMARTS) is 1. The van der Waals surface area contributed by atoms with Crippen LogP contribution in [0.4, 0.5) is 0 Å². The van der Waals surface area contributed by atoms with Gasteiger partial charge in [-0.05, 0) is 24.7 Å². The predicted octanol–water partition coefficient (Wildman–Crippen LogP) is 3.46. The van der Waals surface area contributed by atoms with Crippen molar-refractivity contribution in [2.75, 3.05) is 0 Å². The second kappa shape index (κ2) is 6.05. The molecule has 0 aromatic heterocycles. The van der Waals surface area contributed by atoms with E-state index < -0.39 is 5.97 Å². The van der Waals surface area contributed by atoms with Gasteiger partial charge in [0.2, 0.25) is 0 Å². The highest BCUT2D eigenvalue weighted by molar-refractivity contribution is 5.66. The number of hydrogen-bond acceptors (Lipinski definition) is 1. The molecule has 2 atom stereocenters. The SMILES string of the molecule is CC1CCCCCC(CCC(=O)O)C1. The van der Waals surface area contributed by atoms with Gasteiger partial charge in [-0.2, -0.15) is 0 Å². The summed E-state index contributed by atoms with van der Waals surface area (Å²) in [5, 5.41) is 8.64. The minimum atomic E-state index is -0.639. The van der Waals surface area contributed by atoms with Gasteiger partial charge in [-0.25, -0.2) is 0 Å². The Hall–Kier alpha value is -0.530. The highest BCUT2D eigenvalue weighted by Crippen LogP contribution is 2.29. The molecule has 82 valence electrons. The molecular weight excluding hydrogens is 176 g/mol. The van der Waals surface area contributed by atoms with Gasteiger partial charge < -0.3 is 5.11 Å². The number of rotatable bonds is 3. The maximum atomic E-state index is 10.5. The van der Waals surface area contributed by atoms with Crippen LogP contribution in [0.1, 0.15) is 58.3 Å². The third kappa shape index (κ3) is 4.64. The van der Waals surface area contributed by atoms with Crippen LogP contribution in [-0.4, -0.2) is 11.1 Å². The molecule has 1 N–H and O–H groups in total. The average molecular weight is 198 g/mol. The molecule has 1 fully saturated rings. The molecule has 0 aromatic carbocycles. The fourth-order valence-electron chi connectivity index (χ4n) is 2.50. The lowest BCUT2D eigenvalue weighted by molar-refractivity contribution is -0.137. The molecule has 0 heterocycles. The van der Waals surface area contributed by atoms with Gasteiger partial charge in [-0.3, -0.25) is 4.79 Å². The first kappa shape index (κ1) is 11.5.